The van der Waals surface area contributed by atoms with Gasteiger partial charge in [-0.1, -0.05) is 25.1 Å². The summed E-state index contributed by atoms with van der Waals surface area (Å²) in [6, 6.07) is 6.88. The van der Waals surface area contributed by atoms with Crippen LogP contribution in [0.15, 0.2) is 22.7 Å². The zero-order valence-electron chi connectivity index (χ0n) is 11.4. The quantitative estimate of drug-likeness (QED) is 0.915. The molecule has 1 aliphatic rings. The summed E-state index contributed by atoms with van der Waals surface area (Å²) in [4.78, 5) is 4.44. The highest BCUT2D eigenvalue weighted by molar-refractivity contribution is 5.56. The molecule has 0 saturated heterocycles. The van der Waals surface area contributed by atoms with Gasteiger partial charge in [0.25, 0.3) is 5.89 Å². The van der Waals surface area contributed by atoms with E-state index in [4.69, 9.17) is 4.52 Å². The summed E-state index contributed by atoms with van der Waals surface area (Å²) in [5, 5.41) is 7.29. The Morgan fingerprint density at radius 3 is 2.95 bits per heavy atom. The summed E-state index contributed by atoms with van der Waals surface area (Å²) in [6.07, 6.45) is 3.62. The maximum Gasteiger partial charge on any atom is 0.257 e. The second-order valence-electron chi connectivity index (χ2n) is 5.39. The molecule has 0 bridgehead atoms. The van der Waals surface area contributed by atoms with Crippen molar-refractivity contribution < 1.29 is 4.52 Å². The van der Waals surface area contributed by atoms with Crippen LogP contribution < -0.4 is 5.32 Å². The Kier molecular flexibility index (Phi) is 3.34. The minimum Gasteiger partial charge on any atom is -0.334 e. The molecule has 0 unspecified atom stereocenters. The predicted octanol–water partition coefficient (Wildman–Crippen LogP) is 2.72. The lowest BCUT2D eigenvalue weighted by Gasteiger charge is -2.03. The van der Waals surface area contributed by atoms with Gasteiger partial charge >= 0.3 is 0 Å². The van der Waals surface area contributed by atoms with Crippen molar-refractivity contribution in [2.45, 2.75) is 45.7 Å². The average molecular weight is 257 g/mol. The number of rotatable bonds is 4. The van der Waals surface area contributed by atoms with E-state index >= 15 is 0 Å². The van der Waals surface area contributed by atoms with Crippen LogP contribution in [0.25, 0.3) is 11.5 Å². The summed E-state index contributed by atoms with van der Waals surface area (Å²) in [5.74, 6) is 1.33. The Morgan fingerprint density at radius 1 is 1.26 bits per heavy atom. The van der Waals surface area contributed by atoms with Crippen molar-refractivity contribution in [3.8, 4) is 11.5 Å². The molecule has 0 spiro atoms. The molecule has 1 aromatic heterocycles. The third-order valence-electron chi connectivity index (χ3n) is 3.48. The Morgan fingerprint density at radius 2 is 2.11 bits per heavy atom. The SMILES string of the molecule is CC(C)NCc1noc(-c2ccc3c(c2)CCC3)n1. The van der Waals surface area contributed by atoms with Crippen molar-refractivity contribution in [3.05, 3.63) is 35.2 Å². The van der Waals surface area contributed by atoms with Gasteiger partial charge in [-0.3, -0.25) is 0 Å². The molecule has 0 atom stereocenters. The smallest absolute Gasteiger partial charge is 0.257 e. The first-order chi connectivity index (χ1) is 9.22. The van der Waals surface area contributed by atoms with Crippen LogP contribution in [0.1, 0.15) is 37.2 Å². The highest BCUT2D eigenvalue weighted by Crippen LogP contribution is 2.27. The molecule has 100 valence electrons. The summed E-state index contributed by atoms with van der Waals surface area (Å²) >= 11 is 0. The molecule has 0 saturated carbocycles. The lowest BCUT2D eigenvalue weighted by molar-refractivity contribution is 0.417. The fourth-order valence-electron chi connectivity index (χ4n) is 2.44. The highest BCUT2D eigenvalue weighted by atomic mass is 16.5. The third-order valence-corrected chi connectivity index (χ3v) is 3.48. The van der Waals surface area contributed by atoms with E-state index in [2.05, 4.69) is 47.5 Å². The van der Waals surface area contributed by atoms with Gasteiger partial charge in [0.05, 0.1) is 6.54 Å². The number of fused-ring (bicyclic) bond motifs is 1. The summed E-state index contributed by atoms with van der Waals surface area (Å²) < 4.78 is 5.34. The fraction of sp³-hybridized carbons (Fsp3) is 0.467. The van der Waals surface area contributed by atoms with Crippen LogP contribution >= 0.6 is 0 Å². The fourth-order valence-corrected chi connectivity index (χ4v) is 2.44. The van der Waals surface area contributed by atoms with Crippen LogP contribution in [0.4, 0.5) is 0 Å². The van der Waals surface area contributed by atoms with Crippen LogP contribution in [0, 0.1) is 0 Å². The number of nitrogens with one attached hydrogen (secondary N) is 1. The first kappa shape index (κ1) is 12.4. The zero-order chi connectivity index (χ0) is 13.2. The van der Waals surface area contributed by atoms with Gasteiger partial charge in [-0.15, -0.1) is 0 Å². The van der Waals surface area contributed by atoms with Crippen molar-refractivity contribution in [2.75, 3.05) is 0 Å². The molecule has 19 heavy (non-hydrogen) atoms. The first-order valence-electron chi connectivity index (χ1n) is 6.90. The van der Waals surface area contributed by atoms with Gasteiger partial charge in [0.2, 0.25) is 0 Å². The lowest BCUT2D eigenvalue weighted by atomic mass is 10.1. The van der Waals surface area contributed by atoms with Crippen LogP contribution in [-0.2, 0) is 19.4 Å². The number of benzene rings is 1. The molecular weight excluding hydrogens is 238 g/mol. The Balaban J connectivity index is 1.79. The Hall–Kier alpha value is -1.68. The van der Waals surface area contributed by atoms with E-state index in [1.807, 2.05) is 0 Å². The molecule has 1 N–H and O–H groups in total. The van der Waals surface area contributed by atoms with E-state index in [-0.39, 0.29) is 0 Å². The Labute approximate surface area is 113 Å². The third kappa shape index (κ3) is 2.68. The molecule has 4 heteroatoms. The molecule has 0 aliphatic heterocycles. The van der Waals surface area contributed by atoms with Crippen LogP contribution in [0.2, 0.25) is 0 Å². The number of aromatic nitrogens is 2. The van der Waals surface area contributed by atoms with Crippen molar-refractivity contribution in [2.24, 2.45) is 0 Å². The highest BCUT2D eigenvalue weighted by Gasteiger charge is 2.14. The number of hydrogen-bond acceptors (Lipinski definition) is 4. The molecule has 1 aromatic carbocycles. The molecule has 3 rings (SSSR count). The predicted molar refractivity (Wildman–Crippen MR) is 73.7 cm³/mol. The maximum atomic E-state index is 5.34. The van der Waals surface area contributed by atoms with Gasteiger partial charge in [-0.25, -0.2) is 0 Å². The molecule has 0 fully saturated rings. The van der Waals surface area contributed by atoms with Gasteiger partial charge in [-0.2, -0.15) is 4.98 Å². The second kappa shape index (κ2) is 5.13. The van der Waals surface area contributed by atoms with E-state index < -0.39 is 0 Å². The molecule has 0 amide bonds. The van der Waals surface area contributed by atoms with Gasteiger partial charge in [0, 0.05) is 11.6 Å². The normalized spacial score (nSPS) is 14.1. The van der Waals surface area contributed by atoms with Crippen LogP contribution in [-0.4, -0.2) is 16.2 Å². The van der Waals surface area contributed by atoms with E-state index in [0.717, 1.165) is 5.56 Å². The summed E-state index contributed by atoms with van der Waals surface area (Å²) in [7, 11) is 0. The molecule has 1 heterocycles. The Bertz CT molecular complexity index is 575. The summed E-state index contributed by atoms with van der Waals surface area (Å²) in [5.41, 5.74) is 3.92. The van der Waals surface area contributed by atoms with Gasteiger partial charge < -0.3 is 9.84 Å². The minimum atomic E-state index is 0.418. The van der Waals surface area contributed by atoms with Crippen LogP contribution in [0.3, 0.4) is 0 Å². The largest absolute Gasteiger partial charge is 0.334 e. The first-order valence-corrected chi connectivity index (χ1v) is 6.90. The lowest BCUT2D eigenvalue weighted by Crippen LogP contribution is -2.22. The van der Waals surface area contributed by atoms with Crippen molar-refractivity contribution >= 4 is 0 Å². The topological polar surface area (TPSA) is 51.0 Å². The van der Waals surface area contributed by atoms with E-state index in [0.29, 0.717) is 24.3 Å². The van der Waals surface area contributed by atoms with Gasteiger partial charge in [0.15, 0.2) is 5.82 Å². The second-order valence-corrected chi connectivity index (χ2v) is 5.39. The standard InChI is InChI=1S/C15H19N3O/c1-10(2)16-9-14-17-15(19-18-14)13-7-6-11-4-3-5-12(11)8-13/h6-8,10,16H,3-5,9H2,1-2H3. The molecule has 4 nitrogen and oxygen atoms in total. The number of hydrogen-bond donors (Lipinski definition) is 1. The number of aryl methyl sites for hydroxylation is 2. The maximum absolute atomic E-state index is 5.34. The number of nitrogens with zero attached hydrogens (tertiary/aromatic N) is 2. The molecular formula is C15H19N3O. The van der Waals surface area contributed by atoms with Crippen molar-refractivity contribution in [1.82, 2.24) is 15.5 Å². The minimum absolute atomic E-state index is 0.418. The van der Waals surface area contributed by atoms with Crippen molar-refractivity contribution in [1.29, 1.82) is 0 Å². The monoisotopic (exact) mass is 257 g/mol. The summed E-state index contributed by atoms with van der Waals surface area (Å²) in [6.45, 7) is 4.84. The van der Waals surface area contributed by atoms with E-state index in [1.165, 1.54) is 30.4 Å². The van der Waals surface area contributed by atoms with Crippen LogP contribution in [0.5, 0.6) is 0 Å². The van der Waals surface area contributed by atoms with Gasteiger partial charge in [0.1, 0.15) is 0 Å². The average Bonchev–Trinajstić information content (AvgIpc) is 3.04. The van der Waals surface area contributed by atoms with Crippen molar-refractivity contribution in [3.63, 3.8) is 0 Å². The molecule has 1 aliphatic carbocycles. The van der Waals surface area contributed by atoms with E-state index in [1.54, 1.807) is 0 Å². The van der Waals surface area contributed by atoms with Gasteiger partial charge in [-0.05, 0) is 42.5 Å². The van der Waals surface area contributed by atoms with E-state index in [9.17, 15) is 0 Å². The zero-order valence-corrected chi connectivity index (χ0v) is 11.4. The molecule has 2 aromatic rings. The molecule has 0 radical (unpaired) electrons.